The maximum Gasteiger partial charge on any atom is 0.263 e. The van der Waals surface area contributed by atoms with E-state index in [1.54, 1.807) is 48.2 Å². The fourth-order valence-electron chi connectivity index (χ4n) is 3.09. The predicted molar refractivity (Wildman–Crippen MR) is 109 cm³/mol. The summed E-state index contributed by atoms with van der Waals surface area (Å²) in [6.45, 7) is 2.96. The summed E-state index contributed by atoms with van der Waals surface area (Å²) in [4.78, 5) is 14.3. The highest BCUT2D eigenvalue weighted by atomic mass is 35.5. The van der Waals surface area contributed by atoms with Crippen molar-refractivity contribution in [3.05, 3.63) is 65.2 Å². The van der Waals surface area contributed by atoms with Crippen molar-refractivity contribution < 1.29 is 17.9 Å². The van der Waals surface area contributed by atoms with Crippen LogP contribution in [0.5, 0.6) is 5.75 Å². The number of amides is 1. The Hall–Kier alpha value is -2.09. The topological polar surface area (TPSA) is 66.9 Å². The number of benzene rings is 2. The third-order valence-corrected chi connectivity index (χ3v) is 6.71. The number of nitrogens with zero attached hydrogens (tertiary/aromatic N) is 2. The quantitative estimate of drug-likeness (QED) is 0.717. The molecule has 0 bridgehead atoms. The van der Waals surface area contributed by atoms with Gasteiger partial charge >= 0.3 is 0 Å². The first kappa shape index (κ1) is 20.6. The van der Waals surface area contributed by atoms with Crippen molar-refractivity contribution in [2.45, 2.75) is 18.8 Å². The fourth-order valence-corrected chi connectivity index (χ4v) is 4.73. The van der Waals surface area contributed by atoms with Gasteiger partial charge in [-0.25, -0.2) is 8.42 Å². The van der Waals surface area contributed by atoms with Gasteiger partial charge in [-0.15, -0.1) is 0 Å². The molecule has 28 heavy (non-hydrogen) atoms. The van der Waals surface area contributed by atoms with E-state index in [0.29, 0.717) is 23.9 Å². The van der Waals surface area contributed by atoms with E-state index in [9.17, 15) is 13.2 Å². The summed E-state index contributed by atoms with van der Waals surface area (Å²) in [5.74, 6) is 0.377. The zero-order valence-electron chi connectivity index (χ0n) is 15.6. The van der Waals surface area contributed by atoms with E-state index in [1.165, 1.54) is 4.31 Å². The summed E-state index contributed by atoms with van der Waals surface area (Å²) >= 11 is 5.85. The van der Waals surface area contributed by atoms with Crippen LogP contribution in [0.25, 0.3) is 0 Å². The van der Waals surface area contributed by atoms with Crippen molar-refractivity contribution in [2.75, 3.05) is 26.2 Å². The highest BCUT2D eigenvalue weighted by molar-refractivity contribution is 7.88. The molecule has 0 aromatic heterocycles. The van der Waals surface area contributed by atoms with Crippen LogP contribution in [0.15, 0.2) is 54.6 Å². The molecular formula is C20H23ClN2O4S. The van der Waals surface area contributed by atoms with Crippen LogP contribution in [-0.4, -0.2) is 55.8 Å². The Labute approximate surface area is 170 Å². The zero-order valence-corrected chi connectivity index (χ0v) is 17.2. The molecule has 8 heteroatoms. The summed E-state index contributed by atoms with van der Waals surface area (Å²) in [5, 5.41) is 0.596. The third-order valence-electron chi connectivity index (χ3n) is 4.61. The fraction of sp³-hybridized carbons (Fsp3) is 0.350. The molecule has 0 saturated carbocycles. The van der Waals surface area contributed by atoms with Crippen LogP contribution in [0.1, 0.15) is 12.5 Å². The van der Waals surface area contributed by atoms with E-state index >= 15 is 0 Å². The Morgan fingerprint density at radius 3 is 2.25 bits per heavy atom. The number of sulfonamides is 1. The number of carbonyl (C=O) groups excluding carboxylic acids is 1. The largest absolute Gasteiger partial charge is 0.481 e. The van der Waals surface area contributed by atoms with Gasteiger partial charge < -0.3 is 9.64 Å². The third kappa shape index (κ3) is 5.25. The number of carbonyl (C=O) groups is 1. The van der Waals surface area contributed by atoms with E-state index < -0.39 is 16.1 Å². The van der Waals surface area contributed by atoms with E-state index in [0.717, 1.165) is 5.56 Å². The Morgan fingerprint density at radius 1 is 1.04 bits per heavy atom. The standard InChI is InChI=1S/C20H23ClN2O4S/c1-16(27-19-9-7-18(21)8-10-19)20(24)22-11-13-23(14-12-22)28(25,26)15-17-5-3-2-4-6-17/h2-10,16H,11-15H2,1H3/t16-/m0/s1. The van der Waals surface area contributed by atoms with Gasteiger partial charge in [0, 0.05) is 31.2 Å². The molecule has 1 atom stereocenters. The molecule has 2 aromatic rings. The molecule has 1 saturated heterocycles. The molecule has 0 radical (unpaired) electrons. The zero-order chi connectivity index (χ0) is 20.1. The highest BCUT2D eigenvalue weighted by Gasteiger charge is 2.31. The van der Waals surface area contributed by atoms with Gasteiger partial charge in [0.2, 0.25) is 10.0 Å². The van der Waals surface area contributed by atoms with Crippen LogP contribution < -0.4 is 4.74 Å². The minimum absolute atomic E-state index is 0.0299. The lowest BCUT2D eigenvalue weighted by molar-refractivity contribution is -0.139. The van der Waals surface area contributed by atoms with Crippen LogP contribution in [0.3, 0.4) is 0 Å². The Morgan fingerprint density at radius 2 is 1.64 bits per heavy atom. The molecule has 0 N–H and O–H groups in total. The summed E-state index contributed by atoms with van der Waals surface area (Å²) in [5.41, 5.74) is 0.756. The number of halogens is 1. The lowest BCUT2D eigenvalue weighted by atomic mass is 10.2. The molecular weight excluding hydrogens is 400 g/mol. The van der Waals surface area contributed by atoms with Crippen LogP contribution in [0, 0.1) is 0 Å². The summed E-state index contributed by atoms with van der Waals surface area (Å²) in [6.07, 6.45) is -0.659. The molecule has 1 fully saturated rings. The maximum absolute atomic E-state index is 12.6. The molecule has 1 aliphatic rings. The van der Waals surface area contributed by atoms with Gasteiger partial charge in [-0.05, 0) is 36.8 Å². The first-order valence-corrected chi connectivity index (χ1v) is 11.1. The van der Waals surface area contributed by atoms with Gasteiger partial charge in [0.15, 0.2) is 6.10 Å². The van der Waals surface area contributed by atoms with Crippen molar-refractivity contribution in [1.29, 1.82) is 0 Å². The maximum atomic E-state index is 12.6. The van der Waals surface area contributed by atoms with Crippen molar-refractivity contribution in [2.24, 2.45) is 0 Å². The minimum Gasteiger partial charge on any atom is -0.481 e. The van der Waals surface area contributed by atoms with Crippen molar-refractivity contribution in [3.8, 4) is 5.75 Å². The Kier molecular flexibility index (Phi) is 6.59. The van der Waals surface area contributed by atoms with E-state index in [-0.39, 0.29) is 24.7 Å². The first-order chi connectivity index (χ1) is 13.3. The second kappa shape index (κ2) is 8.94. The van der Waals surface area contributed by atoms with Gasteiger partial charge in [0.05, 0.1) is 5.75 Å². The van der Waals surface area contributed by atoms with Gasteiger partial charge in [0.25, 0.3) is 5.91 Å². The summed E-state index contributed by atoms with van der Waals surface area (Å²) in [7, 11) is -3.41. The first-order valence-electron chi connectivity index (χ1n) is 9.08. The molecule has 0 spiro atoms. The number of hydrogen-bond acceptors (Lipinski definition) is 4. The molecule has 2 aromatic carbocycles. The SMILES string of the molecule is C[C@H](Oc1ccc(Cl)cc1)C(=O)N1CCN(S(=O)(=O)Cc2ccccc2)CC1. The Bertz CT molecular complexity index is 896. The molecule has 150 valence electrons. The second-order valence-corrected chi connectivity index (χ2v) is 9.09. The smallest absolute Gasteiger partial charge is 0.263 e. The number of ether oxygens (including phenoxy) is 1. The van der Waals surface area contributed by atoms with E-state index in [4.69, 9.17) is 16.3 Å². The normalized spacial score (nSPS) is 16.6. The Balaban J connectivity index is 1.54. The van der Waals surface area contributed by atoms with Crippen LogP contribution in [0.2, 0.25) is 5.02 Å². The summed E-state index contributed by atoms with van der Waals surface area (Å²) in [6, 6.07) is 15.9. The molecule has 1 heterocycles. The van der Waals surface area contributed by atoms with Crippen molar-refractivity contribution in [1.82, 2.24) is 9.21 Å². The second-order valence-electron chi connectivity index (χ2n) is 6.68. The van der Waals surface area contributed by atoms with Crippen LogP contribution >= 0.6 is 11.6 Å². The van der Waals surface area contributed by atoms with Crippen molar-refractivity contribution in [3.63, 3.8) is 0 Å². The van der Waals surface area contributed by atoms with Crippen LogP contribution in [-0.2, 0) is 20.6 Å². The van der Waals surface area contributed by atoms with E-state index in [1.807, 2.05) is 18.2 Å². The van der Waals surface area contributed by atoms with Gasteiger partial charge in [-0.3, -0.25) is 4.79 Å². The van der Waals surface area contributed by atoms with Crippen molar-refractivity contribution >= 4 is 27.5 Å². The minimum atomic E-state index is -3.41. The lowest BCUT2D eigenvalue weighted by Gasteiger charge is -2.35. The van der Waals surface area contributed by atoms with Gasteiger partial charge in [-0.2, -0.15) is 4.31 Å². The number of rotatable bonds is 6. The molecule has 3 rings (SSSR count). The lowest BCUT2D eigenvalue weighted by Crippen LogP contribution is -2.53. The monoisotopic (exact) mass is 422 g/mol. The van der Waals surface area contributed by atoms with Gasteiger partial charge in [0.1, 0.15) is 5.75 Å². The molecule has 1 aliphatic heterocycles. The molecule has 0 unspecified atom stereocenters. The molecule has 6 nitrogen and oxygen atoms in total. The summed E-state index contributed by atoms with van der Waals surface area (Å²) < 4.78 is 32.4. The number of piperazine rings is 1. The number of hydrogen-bond donors (Lipinski definition) is 0. The predicted octanol–water partition coefficient (Wildman–Crippen LogP) is 2.78. The van der Waals surface area contributed by atoms with Crippen LogP contribution in [0.4, 0.5) is 0 Å². The average molecular weight is 423 g/mol. The van der Waals surface area contributed by atoms with E-state index in [2.05, 4.69) is 0 Å². The average Bonchev–Trinajstić information content (AvgIpc) is 2.69. The molecule has 0 aliphatic carbocycles. The molecule has 1 amide bonds. The van der Waals surface area contributed by atoms with Gasteiger partial charge in [-0.1, -0.05) is 41.9 Å². The highest BCUT2D eigenvalue weighted by Crippen LogP contribution is 2.18.